The Bertz CT molecular complexity index is 830. The lowest BCUT2D eigenvalue weighted by molar-refractivity contribution is 0.102. The van der Waals surface area contributed by atoms with Gasteiger partial charge >= 0.3 is 0 Å². The molecule has 0 heterocycles. The summed E-state index contributed by atoms with van der Waals surface area (Å²) in [5.74, 6) is -1.94. The smallest absolute Gasteiger partial charge is 0.255 e. The molecule has 1 N–H and O–H groups in total. The van der Waals surface area contributed by atoms with Crippen LogP contribution >= 0.6 is 0 Å². The van der Waals surface area contributed by atoms with E-state index in [0.717, 1.165) is 23.3 Å². The maximum atomic E-state index is 13.6. The van der Waals surface area contributed by atoms with Crippen LogP contribution in [-0.2, 0) is 0 Å². The van der Waals surface area contributed by atoms with Crippen LogP contribution in [0.15, 0.2) is 72.8 Å². The zero-order valence-electron chi connectivity index (χ0n) is 12.1. The largest absolute Gasteiger partial charge is 0.319 e. The van der Waals surface area contributed by atoms with Gasteiger partial charge in [0.2, 0.25) is 0 Å². The molecule has 0 aliphatic heterocycles. The molecule has 0 aliphatic carbocycles. The second kappa shape index (κ2) is 6.40. The molecule has 0 spiro atoms. The molecule has 2 nitrogen and oxygen atoms in total. The van der Waals surface area contributed by atoms with Gasteiger partial charge < -0.3 is 5.32 Å². The monoisotopic (exact) mass is 309 g/mol. The number of hydrogen-bond acceptors (Lipinski definition) is 1. The maximum absolute atomic E-state index is 13.6. The SMILES string of the molecule is O=C(Nc1ccc(F)cc1F)c1ccc(-c2ccccc2)cc1. The Balaban J connectivity index is 1.78. The van der Waals surface area contributed by atoms with E-state index in [1.54, 1.807) is 12.1 Å². The second-order valence-electron chi connectivity index (χ2n) is 5.02. The summed E-state index contributed by atoms with van der Waals surface area (Å²) in [6.07, 6.45) is 0. The third-order valence-corrected chi connectivity index (χ3v) is 3.43. The van der Waals surface area contributed by atoms with Gasteiger partial charge in [0.1, 0.15) is 11.6 Å². The van der Waals surface area contributed by atoms with E-state index >= 15 is 0 Å². The van der Waals surface area contributed by atoms with Crippen molar-refractivity contribution in [3.63, 3.8) is 0 Å². The molecule has 114 valence electrons. The van der Waals surface area contributed by atoms with Gasteiger partial charge in [-0.1, -0.05) is 42.5 Å². The highest BCUT2D eigenvalue weighted by molar-refractivity contribution is 6.04. The van der Waals surface area contributed by atoms with Gasteiger partial charge in [-0.2, -0.15) is 0 Å². The van der Waals surface area contributed by atoms with Crippen LogP contribution in [0, 0.1) is 11.6 Å². The number of carbonyl (C=O) groups is 1. The highest BCUT2D eigenvalue weighted by atomic mass is 19.1. The Morgan fingerprint density at radius 2 is 1.43 bits per heavy atom. The summed E-state index contributed by atoms with van der Waals surface area (Å²) in [5.41, 5.74) is 2.37. The van der Waals surface area contributed by atoms with Gasteiger partial charge in [-0.25, -0.2) is 8.78 Å². The predicted octanol–water partition coefficient (Wildman–Crippen LogP) is 4.88. The van der Waals surface area contributed by atoms with Crippen molar-refractivity contribution in [3.05, 3.63) is 90.0 Å². The van der Waals surface area contributed by atoms with Gasteiger partial charge in [-0.15, -0.1) is 0 Å². The number of carbonyl (C=O) groups excluding carboxylic acids is 1. The summed E-state index contributed by atoms with van der Waals surface area (Å²) in [6, 6.07) is 19.8. The summed E-state index contributed by atoms with van der Waals surface area (Å²) in [5, 5.41) is 2.43. The van der Waals surface area contributed by atoms with E-state index in [1.807, 2.05) is 42.5 Å². The lowest BCUT2D eigenvalue weighted by atomic mass is 10.0. The third-order valence-electron chi connectivity index (χ3n) is 3.43. The van der Waals surface area contributed by atoms with Crippen LogP contribution in [0.5, 0.6) is 0 Å². The average molecular weight is 309 g/mol. The van der Waals surface area contributed by atoms with E-state index in [4.69, 9.17) is 0 Å². The zero-order valence-corrected chi connectivity index (χ0v) is 12.1. The molecule has 0 atom stereocenters. The Labute approximate surface area is 132 Å². The lowest BCUT2D eigenvalue weighted by Crippen LogP contribution is -2.13. The fourth-order valence-corrected chi connectivity index (χ4v) is 2.23. The molecule has 0 bridgehead atoms. The van der Waals surface area contributed by atoms with Crippen molar-refractivity contribution in [2.75, 3.05) is 5.32 Å². The normalized spacial score (nSPS) is 10.3. The molecule has 0 unspecified atom stereocenters. The van der Waals surface area contributed by atoms with Crippen molar-refractivity contribution in [2.24, 2.45) is 0 Å². The van der Waals surface area contributed by atoms with Crippen LogP contribution in [-0.4, -0.2) is 5.91 Å². The minimum atomic E-state index is -0.806. The van der Waals surface area contributed by atoms with Crippen molar-refractivity contribution in [1.82, 2.24) is 0 Å². The van der Waals surface area contributed by atoms with Crippen molar-refractivity contribution in [2.45, 2.75) is 0 Å². The van der Waals surface area contributed by atoms with E-state index in [-0.39, 0.29) is 5.69 Å². The minimum absolute atomic E-state index is 0.0523. The molecule has 3 aromatic carbocycles. The molecular weight excluding hydrogens is 296 g/mol. The molecule has 0 aliphatic rings. The Morgan fingerprint density at radius 3 is 2.09 bits per heavy atom. The van der Waals surface area contributed by atoms with Gasteiger partial charge in [0.05, 0.1) is 5.69 Å². The lowest BCUT2D eigenvalue weighted by Gasteiger charge is -2.07. The third kappa shape index (κ3) is 3.43. The number of halogens is 2. The molecule has 0 fully saturated rings. The van der Waals surface area contributed by atoms with Crippen molar-refractivity contribution >= 4 is 11.6 Å². The van der Waals surface area contributed by atoms with Gasteiger partial charge in [-0.05, 0) is 35.4 Å². The molecule has 0 aromatic heterocycles. The van der Waals surface area contributed by atoms with Crippen LogP contribution in [0.3, 0.4) is 0 Å². The van der Waals surface area contributed by atoms with Gasteiger partial charge in [0.25, 0.3) is 5.91 Å². The van der Waals surface area contributed by atoms with Crippen molar-refractivity contribution in [1.29, 1.82) is 0 Å². The molecule has 4 heteroatoms. The topological polar surface area (TPSA) is 29.1 Å². The fourth-order valence-electron chi connectivity index (χ4n) is 2.23. The zero-order chi connectivity index (χ0) is 16.2. The number of amides is 1. The van der Waals surface area contributed by atoms with E-state index < -0.39 is 17.5 Å². The summed E-state index contributed by atoms with van der Waals surface area (Å²) in [4.78, 5) is 12.1. The first-order valence-electron chi connectivity index (χ1n) is 7.05. The van der Waals surface area contributed by atoms with Gasteiger partial charge in [0, 0.05) is 11.6 Å². The molecule has 0 saturated heterocycles. The van der Waals surface area contributed by atoms with Crippen LogP contribution in [0.25, 0.3) is 11.1 Å². The number of rotatable bonds is 3. The molecule has 23 heavy (non-hydrogen) atoms. The van der Waals surface area contributed by atoms with E-state index in [9.17, 15) is 13.6 Å². The Hall–Kier alpha value is -3.01. The molecule has 0 saturated carbocycles. The van der Waals surface area contributed by atoms with Crippen LogP contribution in [0.2, 0.25) is 0 Å². The number of benzene rings is 3. The summed E-state index contributed by atoms with van der Waals surface area (Å²) in [7, 11) is 0. The van der Waals surface area contributed by atoms with Crippen LogP contribution < -0.4 is 5.32 Å². The molecular formula is C19H13F2NO. The standard InChI is InChI=1S/C19H13F2NO/c20-16-10-11-18(17(21)12-16)22-19(23)15-8-6-14(7-9-15)13-4-2-1-3-5-13/h1-12H,(H,22,23). The van der Waals surface area contributed by atoms with Crippen molar-refractivity contribution in [3.8, 4) is 11.1 Å². The summed E-state index contributed by atoms with van der Waals surface area (Å²) >= 11 is 0. The van der Waals surface area contributed by atoms with E-state index in [1.165, 1.54) is 6.07 Å². The van der Waals surface area contributed by atoms with Gasteiger partial charge in [-0.3, -0.25) is 4.79 Å². The Kier molecular flexibility index (Phi) is 4.15. The average Bonchev–Trinajstić information content (AvgIpc) is 2.58. The van der Waals surface area contributed by atoms with E-state index in [2.05, 4.69) is 5.32 Å². The first kappa shape index (κ1) is 14.9. The summed E-state index contributed by atoms with van der Waals surface area (Å²) < 4.78 is 26.4. The number of anilines is 1. The predicted molar refractivity (Wildman–Crippen MR) is 86.2 cm³/mol. The highest BCUT2D eigenvalue weighted by Gasteiger charge is 2.10. The van der Waals surface area contributed by atoms with Gasteiger partial charge in [0.15, 0.2) is 0 Å². The van der Waals surface area contributed by atoms with Crippen LogP contribution in [0.1, 0.15) is 10.4 Å². The Morgan fingerprint density at radius 1 is 0.783 bits per heavy atom. The quantitative estimate of drug-likeness (QED) is 0.733. The van der Waals surface area contributed by atoms with E-state index in [0.29, 0.717) is 5.56 Å². The first-order chi connectivity index (χ1) is 11.1. The molecule has 0 radical (unpaired) electrons. The van der Waals surface area contributed by atoms with Crippen LogP contribution in [0.4, 0.5) is 14.5 Å². The second-order valence-corrected chi connectivity index (χ2v) is 5.02. The number of hydrogen-bond donors (Lipinski definition) is 1. The molecule has 3 rings (SSSR count). The number of nitrogens with one attached hydrogen (secondary N) is 1. The summed E-state index contributed by atoms with van der Waals surface area (Å²) in [6.45, 7) is 0. The maximum Gasteiger partial charge on any atom is 0.255 e. The highest BCUT2D eigenvalue weighted by Crippen LogP contribution is 2.20. The first-order valence-corrected chi connectivity index (χ1v) is 7.05. The molecule has 1 amide bonds. The molecule has 3 aromatic rings. The fraction of sp³-hybridized carbons (Fsp3) is 0. The van der Waals surface area contributed by atoms with Crippen molar-refractivity contribution < 1.29 is 13.6 Å². The minimum Gasteiger partial charge on any atom is -0.319 e.